The highest BCUT2D eigenvalue weighted by molar-refractivity contribution is 7.09. The van der Waals surface area contributed by atoms with E-state index in [1.54, 1.807) is 10.3 Å². The van der Waals surface area contributed by atoms with E-state index in [1.165, 1.54) is 18.4 Å². The lowest BCUT2D eigenvalue weighted by Crippen LogP contribution is -2.35. The molecule has 0 saturated heterocycles. The molecule has 0 saturated carbocycles. The van der Waals surface area contributed by atoms with Crippen molar-refractivity contribution < 1.29 is 19.1 Å². The summed E-state index contributed by atoms with van der Waals surface area (Å²) in [6, 6.07) is 9.04. The fraction of sp³-hybridized carbons (Fsp3) is 0.389. The zero-order valence-corrected chi connectivity index (χ0v) is 15.8. The first-order valence-electron chi connectivity index (χ1n) is 8.35. The Hall–Kier alpha value is -2.45. The Balaban J connectivity index is 2.03. The van der Waals surface area contributed by atoms with Crippen LogP contribution in [0.4, 0.5) is 10.5 Å². The van der Waals surface area contributed by atoms with Gasteiger partial charge in [-0.25, -0.2) is 14.6 Å². The largest absolute Gasteiger partial charge is 0.464 e. The highest BCUT2D eigenvalue weighted by Crippen LogP contribution is 2.15. The second-order valence-electron chi connectivity index (χ2n) is 5.39. The van der Waals surface area contributed by atoms with Crippen LogP contribution < -0.4 is 5.32 Å². The Morgan fingerprint density at radius 3 is 2.73 bits per heavy atom. The summed E-state index contributed by atoms with van der Waals surface area (Å²) in [5.41, 5.74) is 0.979. The van der Waals surface area contributed by atoms with Gasteiger partial charge in [0.05, 0.1) is 13.7 Å². The van der Waals surface area contributed by atoms with Crippen LogP contribution in [-0.4, -0.2) is 48.8 Å². The van der Waals surface area contributed by atoms with E-state index in [0.29, 0.717) is 37.7 Å². The van der Waals surface area contributed by atoms with E-state index in [4.69, 9.17) is 4.74 Å². The van der Waals surface area contributed by atoms with Gasteiger partial charge >= 0.3 is 12.0 Å². The van der Waals surface area contributed by atoms with Gasteiger partial charge in [0.25, 0.3) is 0 Å². The highest BCUT2D eigenvalue weighted by atomic mass is 32.1. The topological polar surface area (TPSA) is 80.8 Å². The zero-order chi connectivity index (χ0) is 18.8. The SMILES string of the molecule is CCOCCCN(Cc1nc(C(=O)OC)cs1)C(=O)Nc1ccccc1. The van der Waals surface area contributed by atoms with Crippen molar-refractivity contribution in [2.45, 2.75) is 19.9 Å². The Kier molecular flexibility index (Phi) is 8.04. The predicted octanol–water partition coefficient (Wildman–Crippen LogP) is 3.39. The number of aromatic nitrogens is 1. The number of methoxy groups -OCH3 is 1. The molecular weight excluding hydrogens is 354 g/mol. The quantitative estimate of drug-likeness (QED) is 0.535. The third kappa shape index (κ3) is 6.12. The lowest BCUT2D eigenvalue weighted by Gasteiger charge is -2.22. The molecule has 0 unspecified atom stereocenters. The smallest absolute Gasteiger partial charge is 0.357 e. The number of rotatable bonds is 9. The van der Waals surface area contributed by atoms with Crippen LogP contribution in [0.15, 0.2) is 35.7 Å². The van der Waals surface area contributed by atoms with Crippen LogP contribution in [0.3, 0.4) is 0 Å². The van der Waals surface area contributed by atoms with Crippen molar-refractivity contribution in [3.8, 4) is 0 Å². The summed E-state index contributed by atoms with van der Waals surface area (Å²) in [6.07, 6.45) is 0.714. The lowest BCUT2D eigenvalue weighted by atomic mass is 10.3. The minimum atomic E-state index is -0.482. The fourth-order valence-electron chi connectivity index (χ4n) is 2.22. The minimum absolute atomic E-state index is 0.220. The Labute approximate surface area is 156 Å². The van der Waals surface area contributed by atoms with E-state index < -0.39 is 5.97 Å². The molecule has 1 aromatic carbocycles. The maximum atomic E-state index is 12.6. The fourth-order valence-corrected chi connectivity index (χ4v) is 3.00. The molecule has 140 valence electrons. The summed E-state index contributed by atoms with van der Waals surface area (Å²) >= 11 is 1.32. The van der Waals surface area contributed by atoms with Crippen LogP contribution in [0.25, 0.3) is 0 Å². The maximum absolute atomic E-state index is 12.6. The molecule has 0 aliphatic carbocycles. The molecule has 26 heavy (non-hydrogen) atoms. The number of ether oxygens (including phenoxy) is 2. The lowest BCUT2D eigenvalue weighted by molar-refractivity contribution is 0.0594. The van der Waals surface area contributed by atoms with E-state index in [1.807, 2.05) is 37.3 Å². The summed E-state index contributed by atoms with van der Waals surface area (Å²) in [5, 5.41) is 5.18. The van der Waals surface area contributed by atoms with Gasteiger partial charge in [-0.2, -0.15) is 0 Å². The monoisotopic (exact) mass is 377 g/mol. The van der Waals surface area contributed by atoms with Gasteiger partial charge in [0.2, 0.25) is 0 Å². The molecule has 0 aliphatic heterocycles. The van der Waals surface area contributed by atoms with Crippen molar-refractivity contribution >= 4 is 29.0 Å². The summed E-state index contributed by atoms with van der Waals surface area (Å²) in [7, 11) is 1.31. The van der Waals surface area contributed by atoms with Crippen LogP contribution in [0, 0.1) is 0 Å². The number of thiazole rings is 1. The third-order valence-corrected chi connectivity index (χ3v) is 4.34. The predicted molar refractivity (Wildman–Crippen MR) is 100 cm³/mol. The second-order valence-corrected chi connectivity index (χ2v) is 6.33. The first-order chi connectivity index (χ1) is 12.6. The first kappa shape index (κ1) is 19.9. The number of esters is 1. The van der Waals surface area contributed by atoms with E-state index in [9.17, 15) is 9.59 Å². The Bertz CT molecular complexity index is 705. The molecular formula is C18H23N3O4S. The van der Waals surface area contributed by atoms with Gasteiger partial charge < -0.3 is 19.7 Å². The van der Waals surface area contributed by atoms with Gasteiger partial charge in [-0.3, -0.25) is 0 Å². The number of carbonyl (C=O) groups is 2. The van der Waals surface area contributed by atoms with Crippen molar-refractivity contribution in [1.82, 2.24) is 9.88 Å². The molecule has 7 nitrogen and oxygen atoms in total. The van der Waals surface area contributed by atoms with Crippen molar-refractivity contribution in [1.29, 1.82) is 0 Å². The molecule has 8 heteroatoms. The molecule has 1 N–H and O–H groups in total. The number of hydrogen-bond acceptors (Lipinski definition) is 6. The van der Waals surface area contributed by atoms with Crippen LogP contribution in [0.1, 0.15) is 28.8 Å². The van der Waals surface area contributed by atoms with Gasteiger partial charge in [0, 0.05) is 30.8 Å². The molecule has 0 bridgehead atoms. The summed E-state index contributed by atoms with van der Waals surface area (Å²) in [5.74, 6) is -0.482. The number of para-hydroxylation sites is 1. The van der Waals surface area contributed by atoms with E-state index in [-0.39, 0.29) is 11.7 Å². The highest BCUT2D eigenvalue weighted by Gasteiger charge is 2.17. The van der Waals surface area contributed by atoms with Gasteiger partial charge in [0.15, 0.2) is 5.69 Å². The number of amides is 2. The Morgan fingerprint density at radius 2 is 2.04 bits per heavy atom. The second kappa shape index (κ2) is 10.5. The molecule has 0 aliphatic rings. The third-order valence-electron chi connectivity index (χ3n) is 3.51. The van der Waals surface area contributed by atoms with Gasteiger partial charge in [-0.15, -0.1) is 11.3 Å². The maximum Gasteiger partial charge on any atom is 0.357 e. The summed E-state index contributed by atoms with van der Waals surface area (Å²) in [4.78, 5) is 30.1. The zero-order valence-electron chi connectivity index (χ0n) is 14.9. The van der Waals surface area contributed by atoms with Crippen molar-refractivity contribution in [3.05, 3.63) is 46.4 Å². The normalized spacial score (nSPS) is 10.4. The average molecular weight is 377 g/mol. The molecule has 1 heterocycles. The van der Waals surface area contributed by atoms with Crippen LogP contribution >= 0.6 is 11.3 Å². The standard InChI is InChI=1S/C18H23N3O4S/c1-3-25-11-7-10-21(18(23)19-14-8-5-4-6-9-14)12-16-20-15(13-26-16)17(22)24-2/h4-6,8-9,13H,3,7,10-12H2,1-2H3,(H,19,23). The van der Waals surface area contributed by atoms with E-state index >= 15 is 0 Å². The van der Waals surface area contributed by atoms with Gasteiger partial charge in [-0.1, -0.05) is 18.2 Å². The van der Waals surface area contributed by atoms with Crippen molar-refractivity contribution in [3.63, 3.8) is 0 Å². The number of urea groups is 1. The van der Waals surface area contributed by atoms with Gasteiger partial charge in [-0.05, 0) is 25.5 Å². The molecule has 2 rings (SSSR count). The van der Waals surface area contributed by atoms with Crippen LogP contribution in [-0.2, 0) is 16.0 Å². The molecule has 0 radical (unpaired) electrons. The average Bonchev–Trinajstić information content (AvgIpc) is 3.13. The number of carbonyl (C=O) groups excluding carboxylic acids is 2. The van der Waals surface area contributed by atoms with Crippen LogP contribution in [0.5, 0.6) is 0 Å². The molecule has 1 aromatic heterocycles. The number of hydrogen-bond donors (Lipinski definition) is 1. The first-order valence-corrected chi connectivity index (χ1v) is 9.23. The van der Waals surface area contributed by atoms with Crippen molar-refractivity contribution in [2.24, 2.45) is 0 Å². The van der Waals surface area contributed by atoms with Crippen molar-refractivity contribution in [2.75, 3.05) is 32.2 Å². The van der Waals surface area contributed by atoms with Gasteiger partial charge in [0.1, 0.15) is 5.01 Å². The van der Waals surface area contributed by atoms with Crippen LogP contribution in [0.2, 0.25) is 0 Å². The molecule has 0 fully saturated rings. The minimum Gasteiger partial charge on any atom is -0.464 e. The molecule has 2 amide bonds. The summed E-state index contributed by atoms with van der Waals surface area (Å²) in [6.45, 7) is 3.99. The molecule has 2 aromatic rings. The van der Waals surface area contributed by atoms with E-state index in [0.717, 1.165) is 5.69 Å². The Morgan fingerprint density at radius 1 is 1.27 bits per heavy atom. The molecule has 0 spiro atoms. The number of benzene rings is 1. The summed E-state index contributed by atoms with van der Waals surface area (Å²) < 4.78 is 10.0. The van der Waals surface area contributed by atoms with E-state index in [2.05, 4.69) is 15.0 Å². The molecule has 0 atom stereocenters. The number of anilines is 1. The number of nitrogens with one attached hydrogen (secondary N) is 1. The number of nitrogens with zero attached hydrogens (tertiary/aromatic N) is 2.